The van der Waals surface area contributed by atoms with Gasteiger partial charge < -0.3 is 18.9 Å². The van der Waals surface area contributed by atoms with Crippen molar-refractivity contribution >= 4 is 29.1 Å². The van der Waals surface area contributed by atoms with E-state index in [4.69, 9.17) is 23.9 Å². The molecule has 5 rings (SSSR count). The van der Waals surface area contributed by atoms with Gasteiger partial charge >= 0.3 is 5.97 Å². The van der Waals surface area contributed by atoms with Gasteiger partial charge in [0.15, 0.2) is 16.3 Å². The third kappa shape index (κ3) is 6.37. The second-order valence-electron chi connectivity index (χ2n) is 11.1. The summed E-state index contributed by atoms with van der Waals surface area (Å²) in [5.74, 6) is 1.62. The topological polar surface area (TPSA) is 88.4 Å². The lowest BCUT2D eigenvalue weighted by Crippen LogP contribution is -2.40. The van der Waals surface area contributed by atoms with E-state index in [2.05, 4.69) is 19.9 Å². The summed E-state index contributed by atoms with van der Waals surface area (Å²) in [4.78, 5) is 33.7. The van der Waals surface area contributed by atoms with Crippen molar-refractivity contribution in [1.29, 1.82) is 0 Å². The van der Waals surface area contributed by atoms with Gasteiger partial charge in [0, 0.05) is 5.56 Å². The lowest BCUT2D eigenvalue weighted by molar-refractivity contribution is -0.138. The molecular formula is C37H40N2O6S. The van der Waals surface area contributed by atoms with Crippen molar-refractivity contribution in [3.05, 3.63) is 114 Å². The number of methoxy groups -OCH3 is 1. The monoisotopic (exact) mass is 640 g/mol. The summed E-state index contributed by atoms with van der Waals surface area (Å²) < 4.78 is 25.1. The molecule has 0 N–H and O–H groups in total. The maximum Gasteiger partial charge on any atom is 0.338 e. The summed E-state index contributed by atoms with van der Waals surface area (Å²) in [6, 6.07) is 18.3. The average molecular weight is 641 g/mol. The molecule has 2 heterocycles. The Balaban J connectivity index is 1.83. The van der Waals surface area contributed by atoms with Crippen LogP contribution in [0.2, 0.25) is 0 Å². The molecule has 0 unspecified atom stereocenters. The minimum absolute atomic E-state index is 0.171. The number of aryl methyl sites for hydroxylation is 1. The Labute approximate surface area is 273 Å². The van der Waals surface area contributed by atoms with Crippen LogP contribution in [-0.2, 0) is 9.53 Å². The molecule has 0 aliphatic carbocycles. The lowest BCUT2D eigenvalue weighted by atomic mass is 9.93. The van der Waals surface area contributed by atoms with Crippen LogP contribution in [0, 0.1) is 6.92 Å². The Kier molecular flexibility index (Phi) is 10.1. The van der Waals surface area contributed by atoms with Gasteiger partial charge in [-0.05, 0) is 86.2 Å². The number of rotatable bonds is 11. The molecule has 240 valence electrons. The molecule has 0 bridgehead atoms. The van der Waals surface area contributed by atoms with Crippen LogP contribution in [0.5, 0.6) is 17.2 Å². The zero-order valence-electron chi connectivity index (χ0n) is 27.4. The molecule has 1 aliphatic rings. The van der Waals surface area contributed by atoms with Crippen molar-refractivity contribution in [3.8, 4) is 17.2 Å². The highest BCUT2D eigenvalue weighted by Crippen LogP contribution is 2.39. The minimum Gasteiger partial charge on any atom is -0.496 e. The number of hydrogen-bond acceptors (Lipinski definition) is 8. The van der Waals surface area contributed by atoms with Crippen molar-refractivity contribution in [1.82, 2.24) is 4.57 Å². The number of benzene rings is 3. The summed E-state index contributed by atoms with van der Waals surface area (Å²) in [7, 11) is 1.67. The van der Waals surface area contributed by atoms with Crippen molar-refractivity contribution < 1.29 is 23.7 Å². The first-order valence-electron chi connectivity index (χ1n) is 15.6. The van der Waals surface area contributed by atoms with Crippen LogP contribution in [0.15, 0.2) is 76.0 Å². The summed E-state index contributed by atoms with van der Waals surface area (Å²) in [5, 5.41) is 0. The second-order valence-corrected chi connectivity index (χ2v) is 12.1. The van der Waals surface area contributed by atoms with Gasteiger partial charge in [-0.15, -0.1) is 0 Å². The van der Waals surface area contributed by atoms with Gasteiger partial charge in [-0.25, -0.2) is 9.79 Å². The Bertz CT molecular complexity index is 1960. The number of carbonyl (C=O) groups is 1. The number of nitrogens with zero attached hydrogens (tertiary/aromatic N) is 2. The predicted octanol–water partition coefficient (Wildman–Crippen LogP) is 6.17. The Morgan fingerprint density at radius 1 is 0.957 bits per heavy atom. The van der Waals surface area contributed by atoms with Crippen molar-refractivity contribution in [2.45, 2.75) is 53.5 Å². The van der Waals surface area contributed by atoms with Crippen LogP contribution in [-0.4, -0.2) is 37.5 Å². The van der Waals surface area contributed by atoms with Crippen LogP contribution < -0.4 is 29.1 Å². The molecule has 3 aromatic carbocycles. The molecular weight excluding hydrogens is 600 g/mol. The molecule has 46 heavy (non-hydrogen) atoms. The third-order valence-corrected chi connectivity index (χ3v) is 8.77. The Morgan fingerprint density at radius 2 is 1.67 bits per heavy atom. The maximum absolute atomic E-state index is 14.4. The Hall–Kier alpha value is -4.63. The van der Waals surface area contributed by atoms with Crippen LogP contribution >= 0.6 is 11.3 Å². The molecule has 0 fully saturated rings. The first-order valence-corrected chi connectivity index (χ1v) is 16.4. The van der Waals surface area contributed by atoms with E-state index in [0.717, 1.165) is 28.0 Å². The van der Waals surface area contributed by atoms with Crippen LogP contribution in [0.1, 0.15) is 74.4 Å². The normalized spacial score (nSPS) is 14.6. The SMILES string of the molecule is CCOC(=O)C1=C(c2ccccc2)N=c2s/c(=C\c3cc(C(C)C)c(OC)cc3C)c(=O)n2[C@@H]1c1ccc(OCC)c(OCC)c1. The fourth-order valence-electron chi connectivity index (χ4n) is 5.63. The van der Waals surface area contributed by atoms with E-state index in [1.54, 1.807) is 18.6 Å². The van der Waals surface area contributed by atoms with Gasteiger partial charge in [0.2, 0.25) is 0 Å². The highest BCUT2D eigenvalue weighted by Gasteiger charge is 2.35. The van der Waals surface area contributed by atoms with Gasteiger partial charge in [0.25, 0.3) is 5.56 Å². The van der Waals surface area contributed by atoms with Gasteiger partial charge in [0.1, 0.15) is 5.75 Å². The average Bonchev–Trinajstić information content (AvgIpc) is 3.36. The smallest absolute Gasteiger partial charge is 0.338 e. The van der Waals surface area contributed by atoms with Crippen molar-refractivity contribution in [2.75, 3.05) is 26.9 Å². The standard InChI is InChI=1S/C37H40N2O6S/c1-8-43-28-17-16-25(20-30(28)44-9-2)34-32(36(41)45-10-3)33(24-14-12-11-13-15-24)38-37-39(34)35(40)31(46-37)21-26-19-27(22(4)5)29(42-7)18-23(26)6/h11-22,34H,8-10H2,1-7H3/b31-21-/t34-/m1/s1. The van der Waals surface area contributed by atoms with E-state index in [1.807, 2.05) is 81.4 Å². The fourth-order valence-corrected chi connectivity index (χ4v) is 6.63. The van der Waals surface area contributed by atoms with Crippen molar-refractivity contribution in [2.24, 2.45) is 4.99 Å². The molecule has 9 heteroatoms. The first-order chi connectivity index (χ1) is 22.2. The van der Waals surface area contributed by atoms with E-state index < -0.39 is 12.0 Å². The van der Waals surface area contributed by atoms with Gasteiger partial charge in [-0.2, -0.15) is 0 Å². The number of thiazole rings is 1. The van der Waals surface area contributed by atoms with Crippen LogP contribution in [0.3, 0.4) is 0 Å². The third-order valence-electron chi connectivity index (χ3n) is 7.78. The molecule has 0 saturated carbocycles. The summed E-state index contributed by atoms with van der Waals surface area (Å²) in [6.45, 7) is 12.8. The number of fused-ring (bicyclic) bond motifs is 1. The van der Waals surface area contributed by atoms with Gasteiger partial charge in [-0.3, -0.25) is 9.36 Å². The number of carbonyl (C=O) groups excluding carboxylic acids is 1. The predicted molar refractivity (Wildman–Crippen MR) is 182 cm³/mol. The molecule has 4 aromatic rings. The number of aromatic nitrogens is 1. The summed E-state index contributed by atoms with van der Waals surface area (Å²) in [6.07, 6.45) is 1.90. The van der Waals surface area contributed by atoms with E-state index in [0.29, 0.717) is 45.3 Å². The molecule has 1 atom stereocenters. The number of esters is 1. The Morgan fingerprint density at radius 3 is 2.33 bits per heavy atom. The molecule has 0 amide bonds. The zero-order chi connectivity index (χ0) is 33.0. The number of ether oxygens (including phenoxy) is 4. The van der Waals surface area contributed by atoms with Gasteiger partial charge in [0.05, 0.1) is 48.8 Å². The lowest BCUT2D eigenvalue weighted by Gasteiger charge is -2.26. The largest absolute Gasteiger partial charge is 0.496 e. The first kappa shape index (κ1) is 32.8. The van der Waals surface area contributed by atoms with E-state index >= 15 is 0 Å². The van der Waals surface area contributed by atoms with E-state index in [1.165, 1.54) is 11.3 Å². The highest BCUT2D eigenvalue weighted by atomic mass is 32.1. The fraction of sp³-hybridized carbons (Fsp3) is 0.324. The second kappa shape index (κ2) is 14.2. The highest BCUT2D eigenvalue weighted by molar-refractivity contribution is 7.07. The number of hydrogen-bond donors (Lipinski definition) is 0. The maximum atomic E-state index is 14.4. The quantitative estimate of drug-likeness (QED) is 0.182. The summed E-state index contributed by atoms with van der Waals surface area (Å²) >= 11 is 1.29. The summed E-state index contributed by atoms with van der Waals surface area (Å²) in [5.41, 5.74) is 4.86. The van der Waals surface area contributed by atoms with E-state index in [9.17, 15) is 9.59 Å². The van der Waals surface area contributed by atoms with Crippen molar-refractivity contribution in [3.63, 3.8) is 0 Å². The molecule has 0 radical (unpaired) electrons. The molecule has 8 nitrogen and oxygen atoms in total. The van der Waals surface area contributed by atoms with Crippen LogP contribution in [0.25, 0.3) is 11.8 Å². The molecule has 0 saturated heterocycles. The van der Waals surface area contributed by atoms with Crippen LogP contribution in [0.4, 0.5) is 0 Å². The molecule has 0 spiro atoms. The van der Waals surface area contributed by atoms with E-state index in [-0.39, 0.29) is 23.7 Å². The minimum atomic E-state index is -0.828. The zero-order valence-corrected chi connectivity index (χ0v) is 28.2. The molecule has 1 aliphatic heterocycles. The molecule has 1 aromatic heterocycles. The van der Waals surface area contributed by atoms with Gasteiger partial charge in [-0.1, -0.05) is 61.6 Å².